The van der Waals surface area contributed by atoms with Crippen LogP contribution in [-0.4, -0.2) is 168 Å². The Morgan fingerprint density at radius 2 is 1.35 bits per heavy atom. The van der Waals surface area contributed by atoms with Gasteiger partial charge in [-0.1, -0.05) is 60.1 Å². The van der Waals surface area contributed by atoms with Crippen LogP contribution in [0.2, 0.25) is 0 Å². The number of hydrogen-bond donors (Lipinski definition) is 10. The number of carboxylic acid groups (broad SMARTS) is 2. The van der Waals surface area contributed by atoms with Crippen LogP contribution in [-0.2, 0) is 38.0 Å². The fraction of sp³-hybridized carbons (Fsp3) is 0.915. The summed E-state index contributed by atoms with van der Waals surface area (Å²) in [6.45, 7) is 14.7. The largest absolute Gasteiger partial charge is 0.481 e. The number of rotatable bonds is 9. The van der Waals surface area contributed by atoms with E-state index in [-0.39, 0.29) is 39.4 Å². The molecule has 7 fully saturated rings. The van der Waals surface area contributed by atoms with Crippen LogP contribution in [0.25, 0.3) is 0 Å². The monoisotopic (exact) mass is 926 g/mol. The van der Waals surface area contributed by atoms with Gasteiger partial charge in [-0.3, -0.25) is 4.79 Å². The zero-order chi connectivity index (χ0) is 47.6. The molecule has 3 saturated heterocycles. The molecule has 22 atom stereocenters. The first-order chi connectivity index (χ1) is 30.3. The van der Waals surface area contributed by atoms with E-state index < -0.39 is 128 Å². The molecule has 0 aromatic heterocycles. The highest BCUT2D eigenvalue weighted by Crippen LogP contribution is 2.76. The van der Waals surface area contributed by atoms with E-state index in [0.717, 1.165) is 44.9 Å². The number of aliphatic carboxylic acids is 2. The summed E-state index contributed by atoms with van der Waals surface area (Å²) in [5.41, 5.74) is -0.409. The van der Waals surface area contributed by atoms with Crippen LogP contribution in [0, 0.1) is 50.2 Å². The topological polar surface area (TPSA) is 292 Å². The molecule has 3 aliphatic heterocycles. The van der Waals surface area contributed by atoms with Crippen molar-refractivity contribution in [3.05, 3.63) is 11.6 Å². The molecule has 4 saturated carbocycles. The van der Waals surface area contributed by atoms with Crippen LogP contribution in [0.4, 0.5) is 0 Å². The van der Waals surface area contributed by atoms with E-state index in [1.165, 1.54) is 5.57 Å². The molecule has 0 aromatic rings. The van der Waals surface area contributed by atoms with Crippen LogP contribution >= 0.6 is 0 Å². The summed E-state index contributed by atoms with van der Waals surface area (Å²) in [5.74, 6) is -1.91. The number of hydrogen-bond acceptors (Lipinski definition) is 16. The predicted octanol–water partition coefficient (Wildman–Crippen LogP) is 1.44. The van der Waals surface area contributed by atoms with E-state index in [0.29, 0.717) is 19.3 Å². The molecule has 0 spiro atoms. The van der Waals surface area contributed by atoms with Gasteiger partial charge >= 0.3 is 11.9 Å². The molecule has 5 aliphatic carbocycles. The van der Waals surface area contributed by atoms with E-state index in [4.69, 9.17) is 28.4 Å². The minimum Gasteiger partial charge on any atom is -0.481 e. The van der Waals surface area contributed by atoms with Gasteiger partial charge in [-0.15, -0.1) is 0 Å². The highest BCUT2D eigenvalue weighted by molar-refractivity contribution is 5.76. The first-order valence-corrected chi connectivity index (χ1v) is 23.7. The summed E-state index contributed by atoms with van der Waals surface area (Å²) >= 11 is 0. The van der Waals surface area contributed by atoms with Crippen molar-refractivity contribution in [2.45, 2.75) is 205 Å². The lowest BCUT2D eigenvalue weighted by Gasteiger charge is -2.71. The quantitative estimate of drug-likeness (QED) is 0.116. The van der Waals surface area contributed by atoms with Gasteiger partial charge < -0.3 is 79.5 Å². The number of carbonyl (C=O) groups is 2. The van der Waals surface area contributed by atoms with Crippen LogP contribution in [0.1, 0.15) is 113 Å². The van der Waals surface area contributed by atoms with Crippen LogP contribution in [0.5, 0.6) is 0 Å². The van der Waals surface area contributed by atoms with E-state index >= 15 is 0 Å². The van der Waals surface area contributed by atoms with Crippen LogP contribution in [0.3, 0.4) is 0 Å². The third kappa shape index (κ3) is 7.76. The van der Waals surface area contributed by atoms with Crippen LogP contribution in [0.15, 0.2) is 11.6 Å². The Balaban J connectivity index is 1.07. The van der Waals surface area contributed by atoms with E-state index in [2.05, 4.69) is 54.5 Å². The molecule has 0 amide bonds. The average Bonchev–Trinajstić information content (AvgIpc) is 3.23. The summed E-state index contributed by atoms with van der Waals surface area (Å²) < 4.78 is 35.9. The molecule has 370 valence electrons. The van der Waals surface area contributed by atoms with Crippen molar-refractivity contribution in [2.75, 3.05) is 13.2 Å². The molecule has 8 rings (SSSR count). The molecule has 0 radical (unpaired) electrons. The molecule has 0 unspecified atom stereocenters. The molecular formula is C47H74O18. The Kier molecular flexibility index (Phi) is 13.1. The van der Waals surface area contributed by atoms with E-state index in [1.807, 2.05) is 0 Å². The molecule has 18 heteroatoms. The average molecular weight is 927 g/mol. The Morgan fingerprint density at radius 3 is 2.02 bits per heavy atom. The molecule has 0 aromatic carbocycles. The summed E-state index contributed by atoms with van der Waals surface area (Å²) in [6, 6.07) is 0. The Hall–Kier alpha value is -1.88. The first kappa shape index (κ1) is 49.5. The van der Waals surface area contributed by atoms with Gasteiger partial charge in [0.2, 0.25) is 0 Å². The zero-order valence-corrected chi connectivity index (χ0v) is 38.7. The Labute approximate surface area is 380 Å². The first-order valence-electron chi connectivity index (χ1n) is 23.7. The number of allylic oxidation sites excluding steroid dienone is 2. The fourth-order valence-corrected chi connectivity index (χ4v) is 14.8. The van der Waals surface area contributed by atoms with Crippen molar-refractivity contribution in [1.29, 1.82) is 0 Å². The Bertz CT molecular complexity index is 1820. The minimum absolute atomic E-state index is 0.0160. The van der Waals surface area contributed by atoms with Crippen LogP contribution < -0.4 is 0 Å². The van der Waals surface area contributed by atoms with Crippen molar-refractivity contribution < 1.29 is 89.1 Å². The summed E-state index contributed by atoms with van der Waals surface area (Å²) in [4.78, 5) is 26.1. The molecule has 0 bridgehead atoms. The van der Waals surface area contributed by atoms with E-state index in [9.17, 15) is 60.7 Å². The van der Waals surface area contributed by atoms with Gasteiger partial charge in [0, 0.05) is 0 Å². The van der Waals surface area contributed by atoms with Gasteiger partial charge in [0.05, 0.1) is 24.7 Å². The highest BCUT2D eigenvalue weighted by Gasteiger charge is 2.70. The van der Waals surface area contributed by atoms with Crippen molar-refractivity contribution in [2.24, 2.45) is 50.2 Å². The molecular weight excluding hydrogens is 852 g/mol. The van der Waals surface area contributed by atoms with Gasteiger partial charge in [-0.25, -0.2) is 4.79 Å². The van der Waals surface area contributed by atoms with Crippen molar-refractivity contribution in [3.8, 4) is 0 Å². The lowest BCUT2D eigenvalue weighted by molar-refractivity contribution is -0.386. The molecule has 18 nitrogen and oxygen atoms in total. The van der Waals surface area contributed by atoms with Gasteiger partial charge in [-0.05, 0) is 109 Å². The lowest BCUT2D eigenvalue weighted by atomic mass is 9.33. The standard InChI is InChI=1S/C47H74O18/c1-42(2)14-16-47(41(58)59)17-15-45(6)21(22(47)18-42)8-9-26-44(5)12-11-27(43(3,4)25(44)10-13-46(26,45)7)62-40-35(64-38-31(53)28(50)23(49)20-60-38)33(55)34(36(65-40)37(56)57)63-39-32(54)30(52)29(51)24(19-48)61-39/h8,22-36,38-40,48-55H,9-20H2,1-7H3,(H,56,57)(H,58,59)/t22-,23-,24+,25-,26+,27-,28-,29+,30-,31+,32+,33-,34-,35+,36-,38-,39-,40+,44-,45+,46+,47-/m0/s1. The molecule has 3 heterocycles. The maximum Gasteiger partial charge on any atom is 0.335 e. The molecule has 8 aliphatic rings. The van der Waals surface area contributed by atoms with Crippen molar-refractivity contribution in [1.82, 2.24) is 0 Å². The van der Waals surface area contributed by atoms with Crippen molar-refractivity contribution >= 4 is 11.9 Å². The van der Waals surface area contributed by atoms with Gasteiger partial charge in [0.25, 0.3) is 0 Å². The second-order valence-electron chi connectivity index (χ2n) is 23.1. The summed E-state index contributed by atoms with van der Waals surface area (Å²) in [5, 5.41) is 106. The number of ether oxygens (including phenoxy) is 6. The SMILES string of the molecule is CC1(C)CC[C@]2(C(=O)O)CC[C@]3(C)C(=CC[C@@H]4[C@@]5(C)CC[C@H](O[C@@H]6O[C@H](C(=O)O)[C@@H](O[C@@H]7O[C@H](CO)[C@@H](O)[C@H](O)[C@H]7O)[C@H](O)[C@H]6O[C@@H]6OC[C@H](O)[C@H](O)[C@H]6O)C(C)(C)[C@@H]5CC[C@]43C)[C@@H]2C1. The maximum atomic E-state index is 13.1. The van der Waals surface area contributed by atoms with Gasteiger partial charge in [-0.2, -0.15) is 0 Å². The number of aliphatic hydroxyl groups excluding tert-OH is 8. The number of fused-ring (bicyclic) bond motifs is 7. The van der Waals surface area contributed by atoms with Gasteiger partial charge in [0.15, 0.2) is 25.0 Å². The number of carboxylic acids is 2. The third-order valence-electron chi connectivity index (χ3n) is 18.9. The predicted molar refractivity (Wildman–Crippen MR) is 225 cm³/mol. The maximum absolute atomic E-state index is 13.1. The van der Waals surface area contributed by atoms with Gasteiger partial charge in [0.1, 0.15) is 61.0 Å². The third-order valence-corrected chi connectivity index (χ3v) is 18.9. The van der Waals surface area contributed by atoms with E-state index in [1.54, 1.807) is 0 Å². The summed E-state index contributed by atoms with van der Waals surface area (Å²) in [6.07, 6.45) is -15.1. The molecule has 65 heavy (non-hydrogen) atoms. The minimum atomic E-state index is -1.99. The molecule has 10 N–H and O–H groups in total. The lowest BCUT2D eigenvalue weighted by Crippen LogP contribution is -2.68. The van der Waals surface area contributed by atoms with Crippen molar-refractivity contribution in [3.63, 3.8) is 0 Å². The highest BCUT2D eigenvalue weighted by atomic mass is 16.8. The second kappa shape index (κ2) is 17.2. The Morgan fingerprint density at radius 1 is 0.692 bits per heavy atom. The normalized spacial score (nSPS) is 52.8. The zero-order valence-electron chi connectivity index (χ0n) is 38.7. The number of aliphatic hydroxyl groups is 8. The fourth-order valence-electron chi connectivity index (χ4n) is 14.8. The smallest absolute Gasteiger partial charge is 0.335 e. The summed E-state index contributed by atoms with van der Waals surface area (Å²) in [7, 11) is 0. The second-order valence-corrected chi connectivity index (χ2v) is 23.1.